The van der Waals surface area contributed by atoms with E-state index in [2.05, 4.69) is 4.98 Å². The van der Waals surface area contributed by atoms with Gasteiger partial charge in [-0.3, -0.25) is 19.4 Å². The number of benzene rings is 2. The van der Waals surface area contributed by atoms with E-state index in [1.165, 1.54) is 30.5 Å². The number of aliphatic hydroxyl groups excluding tert-OH is 2. The Morgan fingerprint density at radius 3 is 2.50 bits per heavy atom. The number of nitrogens with two attached hydrogens (primary N) is 1. The maximum absolute atomic E-state index is 13.9. The second-order valence-electron chi connectivity index (χ2n) is 9.91. The number of pyridine rings is 1. The first-order chi connectivity index (χ1) is 18.1. The number of phenolic OH excluding ortho intramolecular Hbond substituents is 1. The van der Waals surface area contributed by atoms with Crippen LogP contribution in [0.5, 0.6) is 5.75 Å². The number of halogens is 1. The normalized spacial score (nSPS) is 26.7. The highest BCUT2D eigenvalue weighted by atomic mass is 19.1. The molecule has 0 aliphatic heterocycles. The van der Waals surface area contributed by atoms with Crippen molar-refractivity contribution < 1.29 is 39.2 Å². The molecule has 192 valence electrons. The zero-order valence-corrected chi connectivity index (χ0v) is 19.7. The molecule has 1 unspecified atom stereocenters. The van der Waals surface area contributed by atoms with Gasteiger partial charge in [-0.1, -0.05) is 18.2 Å². The molecular weight excluding hydrogens is 495 g/mol. The summed E-state index contributed by atoms with van der Waals surface area (Å²) >= 11 is 0. The Morgan fingerprint density at radius 2 is 1.82 bits per heavy atom. The average molecular weight is 516 g/mol. The van der Waals surface area contributed by atoms with Crippen LogP contribution in [0, 0.1) is 17.7 Å². The lowest BCUT2D eigenvalue weighted by Gasteiger charge is -2.48. The lowest BCUT2D eigenvalue weighted by atomic mass is 9.56. The molecule has 1 heterocycles. The summed E-state index contributed by atoms with van der Waals surface area (Å²) in [4.78, 5) is 42.7. The molecule has 1 amide bonds. The predicted molar refractivity (Wildman–Crippen MR) is 131 cm³/mol. The van der Waals surface area contributed by atoms with Gasteiger partial charge in [-0.15, -0.1) is 0 Å². The molecule has 10 heteroatoms. The Labute approximate surface area is 214 Å². The Hall–Kier alpha value is -4.57. The zero-order valence-electron chi connectivity index (χ0n) is 19.7. The Kier molecular flexibility index (Phi) is 4.99. The Balaban J connectivity index is 1.66. The van der Waals surface area contributed by atoms with E-state index in [0.29, 0.717) is 16.5 Å². The first kappa shape index (κ1) is 23.8. The number of hydrogen-bond acceptors (Lipinski definition) is 8. The number of carbonyl (C=O) groups is 3. The molecule has 2 aromatic carbocycles. The minimum Gasteiger partial charge on any atom is -0.508 e. The van der Waals surface area contributed by atoms with Crippen LogP contribution in [-0.4, -0.2) is 48.5 Å². The van der Waals surface area contributed by atoms with Gasteiger partial charge in [0.1, 0.15) is 28.4 Å². The number of aromatic nitrogens is 1. The SMILES string of the molecule is NC(=O)C1=C(O)[C@@]2(O)C(=O)C3=C(O)c4c(cc5cccnc5c4O)[C@H](c4ccc(F)cc4)C3C[C@H]2CC1=O. The minimum absolute atomic E-state index is 0.0587. The van der Waals surface area contributed by atoms with Crippen molar-refractivity contribution in [1.82, 2.24) is 4.98 Å². The standard InChI is InChI=1S/C28H21FN2O7/c29-14-5-3-11(4-6-14)18-15-8-12-2-1-7-31-22(12)24(34)19(15)23(33)20-16(18)9-13-10-17(32)21(27(30)37)26(36)28(13,38)25(20)35/h1-8,13,16,18,33-34,36,38H,9-10H2,(H2,30,37)/t13-,16?,18-,28-/m0/s1. The second kappa shape index (κ2) is 7.96. The van der Waals surface area contributed by atoms with Gasteiger partial charge in [0.05, 0.1) is 5.56 Å². The van der Waals surface area contributed by atoms with Gasteiger partial charge >= 0.3 is 0 Å². The highest BCUT2D eigenvalue weighted by Crippen LogP contribution is 2.57. The van der Waals surface area contributed by atoms with Crippen LogP contribution in [0.3, 0.4) is 0 Å². The number of rotatable bonds is 2. The lowest BCUT2D eigenvalue weighted by Crippen LogP contribution is -2.58. The van der Waals surface area contributed by atoms with Crippen LogP contribution in [0.1, 0.15) is 35.4 Å². The van der Waals surface area contributed by atoms with Crippen LogP contribution in [0.25, 0.3) is 16.7 Å². The van der Waals surface area contributed by atoms with Gasteiger partial charge in [-0.25, -0.2) is 4.39 Å². The van der Waals surface area contributed by atoms with E-state index in [1.54, 1.807) is 18.2 Å². The van der Waals surface area contributed by atoms with Crippen LogP contribution in [-0.2, 0) is 14.4 Å². The molecule has 1 saturated carbocycles. The average Bonchev–Trinajstić information content (AvgIpc) is 2.87. The molecule has 4 atom stereocenters. The minimum atomic E-state index is -2.69. The smallest absolute Gasteiger partial charge is 0.255 e. The molecule has 0 spiro atoms. The van der Waals surface area contributed by atoms with Crippen LogP contribution in [0.15, 0.2) is 65.6 Å². The highest BCUT2D eigenvalue weighted by molar-refractivity contribution is 6.23. The molecule has 1 fully saturated rings. The summed E-state index contributed by atoms with van der Waals surface area (Å²) in [6.07, 6.45) is 0.954. The third-order valence-electron chi connectivity index (χ3n) is 8.00. The summed E-state index contributed by atoms with van der Waals surface area (Å²) in [6.45, 7) is 0. The van der Waals surface area contributed by atoms with Crippen molar-refractivity contribution in [3.8, 4) is 5.75 Å². The van der Waals surface area contributed by atoms with Crippen molar-refractivity contribution in [3.63, 3.8) is 0 Å². The molecule has 3 aliphatic rings. The number of Topliss-reactive ketones (excluding diaryl/α,β-unsaturated/α-hetero) is 2. The molecule has 38 heavy (non-hydrogen) atoms. The number of fused-ring (bicyclic) bond motifs is 4. The Morgan fingerprint density at radius 1 is 1.11 bits per heavy atom. The Bertz CT molecular complexity index is 1660. The van der Waals surface area contributed by atoms with Crippen molar-refractivity contribution in [2.75, 3.05) is 0 Å². The van der Waals surface area contributed by atoms with Gasteiger partial charge < -0.3 is 26.2 Å². The summed E-state index contributed by atoms with van der Waals surface area (Å²) in [5.41, 5.74) is 2.49. The van der Waals surface area contributed by atoms with E-state index in [4.69, 9.17) is 5.73 Å². The van der Waals surface area contributed by atoms with E-state index in [0.717, 1.165) is 0 Å². The molecule has 3 aliphatic carbocycles. The predicted octanol–water partition coefficient (Wildman–Crippen LogP) is 2.70. The van der Waals surface area contributed by atoms with Crippen molar-refractivity contribution in [2.45, 2.75) is 24.4 Å². The fraction of sp³-hybridized carbons (Fsp3) is 0.214. The monoisotopic (exact) mass is 516 g/mol. The largest absolute Gasteiger partial charge is 0.508 e. The zero-order chi connectivity index (χ0) is 27.1. The summed E-state index contributed by atoms with van der Waals surface area (Å²) < 4.78 is 13.8. The molecule has 6 N–H and O–H groups in total. The number of aromatic hydroxyl groups is 1. The van der Waals surface area contributed by atoms with Crippen LogP contribution in [0.4, 0.5) is 4.39 Å². The number of hydrogen-bond donors (Lipinski definition) is 5. The number of nitrogens with zero attached hydrogens (tertiary/aromatic N) is 1. The van der Waals surface area contributed by atoms with Gasteiger partial charge in [0.2, 0.25) is 5.78 Å². The molecule has 1 aromatic heterocycles. The number of carbonyl (C=O) groups excluding carboxylic acids is 3. The number of aliphatic hydroxyl groups is 3. The summed E-state index contributed by atoms with van der Waals surface area (Å²) in [5.74, 6) is -8.53. The topological polar surface area (TPSA) is 171 Å². The van der Waals surface area contributed by atoms with Crippen LogP contribution >= 0.6 is 0 Å². The third-order valence-corrected chi connectivity index (χ3v) is 8.00. The molecule has 9 nitrogen and oxygen atoms in total. The summed E-state index contributed by atoms with van der Waals surface area (Å²) in [7, 11) is 0. The quantitative estimate of drug-likeness (QED) is 0.324. The van der Waals surface area contributed by atoms with Crippen molar-refractivity contribution in [1.29, 1.82) is 0 Å². The van der Waals surface area contributed by atoms with Crippen molar-refractivity contribution >= 4 is 34.1 Å². The maximum Gasteiger partial charge on any atom is 0.255 e. The molecule has 0 radical (unpaired) electrons. The van der Waals surface area contributed by atoms with Gasteiger partial charge in [0.15, 0.2) is 17.1 Å². The maximum atomic E-state index is 13.9. The van der Waals surface area contributed by atoms with Gasteiger partial charge in [0.25, 0.3) is 5.91 Å². The van der Waals surface area contributed by atoms with Crippen LogP contribution < -0.4 is 5.73 Å². The first-order valence-electron chi connectivity index (χ1n) is 11.9. The van der Waals surface area contributed by atoms with Gasteiger partial charge in [0, 0.05) is 41.3 Å². The van der Waals surface area contributed by atoms with Crippen LogP contribution in [0.2, 0.25) is 0 Å². The third kappa shape index (κ3) is 3.00. The van der Waals surface area contributed by atoms with Crippen molar-refractivity contribution in [3.05, 3.63) is 88.1 Å². The summed E-state index contributed by atoms with van der Waals surface area (Å²) in [6, 6.07) is 10.6. The van der Waals surface area contributed by atoms with E-state index < -0.39 is 75.9 Å². The van der Waals surface area contributed by atoms with Crippen molar-refractivity contribution in [2.24, 2.45) is 17.6 Å². The fourth-order valence-electron chi connectivity index (χ4n) is 6.33. The van der Waals surface area contributed by atoms with Gasteiger partial charge in [-0.05, 0) is 41.8 Å². The molecule has 0 saturated heterocycles. The number of primary amides is 1. The number of ketones is 2. The van der Waals surface area contributed by atoms with E-state index in [9.17, 15) is 39.2 Å². The molecular formula is C28H21FN2O7. The number of amides is 1. The van der Waals surface area contributed by atoms with Gasteiger partial charge in [-0.2, -0.15) is 0 Å². The number of phenols is 1. The molecule has 3 aromatic rings. The fourth-order valence-corrected chi connectivity index (χ4v) is 6.33. The van der Waals surface area contributed by atoms with E-state index in [1.807, 2.05) is 0 Å². The second-order valence-corrected chi connectivity index (χ2v) is 9.91. The summed E-state index contributed by atoms with van der Waals surface area (Å²) in [5, 5.41) is 45.5. The van der Waals surface area contributed by atoms with E-state index >= 15 is 0 Å². The molecule has 0 bridgehead atoms. The lowest BCUT2D eigenvalue weighted by molar-refractivity contribution is -0.147. The van der Waals surface area contributed by atoms with E-state index in [-0.39, 0.29) is 23.1 Å². The first-order valence-corrected chi connectivity index (χ1v) is 11.9. The molecule has 6 rings (SSSR count). The highest BCUT2D eigenvalue weighted by Gasteiger charge is 2.61.